The van der Waals surface area contributed by atoms with E-state index in [1.807, 2.05) is 0 Å². The van der Waals surface area contributed by atoms with E-state index >= 15 is 0 Å². The molecule has 0 fully saturated rings. The second-order valence-electron chi connectivity index (χ2n) is 1.61. The Morgan fingerprint density at radius 3 is 2.40 bits per heavy atom. The molecule has 0 aromatic carbocycles. The fraction of sp³-hybridized carbons (Fsp3) is 0. The molecule has 0 spiro atoms. The van der Waals surface area contributed by atoms with Gasteiger partial charge in [-0.1, -0.05) is 9.95 Å². The number of rotatable bonds is 1. The van der Waals surface area contributed by atoms with Crippen LogP contribution in [-0.4, -0.2) is 13.4 Å². The third-order valence-electron chi connectivity index (χ3n) is 0.888. The van der Waals surface area contributed by atoms with Crippen molar-refractivity contribution in [3.05, 3.63) is 24.4 Å². The second-order valence-corrected chi connectivity index (χ2v) is 2.90. The Morgan fingerprint density at radius 2 is 2.10 bits per heavy atom. The lowest BCUT2D eigenvalue weighted by molar-refractivity contribution is 0.548. The molecule has 1 aromatic rings. The summed E-state index contributed by atoms with van der Waals surface area (Å²) >= 11 is 0. The van der Waals surface area contributed by atoms with Crippen molar-refractivity contribution in [1.82, 2.24) is 4.98 Å². The number of halogens is 1. The summed E-state index contributed by atoms with van der Waals surface area (Å²) in [6.07, 6.45) is 1.21. The van der Waals surface area contributed by atoms with E-state index in [0.29, 0.717) is 0 Å². The van der Waals surface area contributed by atoms with Crippen LogP contribution in [0, 0.1) is 0 Å². The summed E-state index contributed by atoms with van der Waals surface area (Å²) in [5.41, 5.74) is 0. The molecule has 0 aliphatic heterocycles. The van der Waals surface area contributed by atoms with Gasteiger partial charge in [0.25, 0.3) is 0 Å². The Morgan fingerprint density at radius 1 is 1.40 bits per heavy atom. The van der Waals surface area contributed by atoms with Crippen molar-refractivity contribution in [2.24, 2.45) is 0 Å². The number of nitrogens with zero attached hydrogens (tertiary/aromatic N) is 1. The van der Waals surface area contributed by atoms with E-state index in [0.717, 1.165) is 6.07 Å². The van der Waals surface area contributed by atoms with E-state index in [1.165, 1.54) is 18.3 Å². The minimum atomic E-state index is -4.61. The van der Waals surface area contributed by atoms with Crippen molar-refractivity contribution in [2.75, 3.05) is 0 Å². The van der Waals surface area contributed by atoms with Gasteiger partial charge in [-0.2, -0.15) is 8.42 Å². The van der Waals surface area contributed by atoms with E-state index in [-0.39, 0.29) is 0 Å². The van der Waals surface area contributed by atoms with E-state index in [4.69, 9.17) is 0 Å². The number of aromatic nitrogens is 1. The van der Waals surface area contributed by atoms with E-state index in [9.17, 15) is 12.3 Å². The highest BCUT2D eigenvalue weighted by Gasteiger charge is 2.10. The third kappa shape index (κ3) is 1.51. The first-order valence-corrected chi connectivity index (χ1v) is 3.85. The molecule has 10 heavy (non-hydrogen) atoms. The van der Waals surface area contributed by atoms with E-state index < -0.39 is 15.2 Å². The van der Waals surface area contributed by atoms with Gasteiger partial charge in [0.1, 0.15) is 0 Å². The molecule has 3 nitrogen and oxygen atoms in total. The molecule has 54 valence electrons. The van der Waals surface area contributed by atoms with Crippen LogP contribution in [0.1, 0.15) is 0 Å². The third-order valence-corrected chi connectivity index (χ3v) is 1.63. The molecule has 0 atom stereocenters. The molecule has 0 bridgehead atoms. The van der Waals surface area contributed by atoms with Crippen LogP contribution >= 0.6 is 0 Å². The molecule has 0 aliphatic rings. The second kappa shape index (κ2) is 2.34. The summed E-state index contributed by atoms with van der Waals surface area (Å²) in [5.74, 6) is 0. The van der Waals surface area contributed by atoms with Crippen molar-refractivity contribution < 1.29 is 12.3 Å². The molecule has 1 heterocycles. The van der Waals surface area contributed by atoms with E-state index in [1.54, 1.807) is 0 Å². The molecule has 0 aliphatic carbocycles. The number of pyridine rings is 1. The zero-order valence-corrected chi connectivity index (χ0v) is 5.68. The maximum Gasteiger partial charge on any atom is 0.349 e. The summed E-state index contributed by atoms with van der Waals surface area (Å²) < 4.78 is 32.2. The van der Waals surface area contributed by atoms with Gasteiger partial charge in [0.2, 0.25) is 0 Å². The maximum atomic E-state index is 12.0. The van der Waals surface area contributed by atoms with Gasteiger partial charge < -0.3 is 0 Å². The van der Waals surface area contributed by atoms with Gasteiger partial charge in [0.05, 0.1) is 0 Å². The highest BCUT2D eigenvalue weighted by Crippen LogP contribution is 2.05. The number of hydrogen-bond acceptors (Lipinski definition) is 3. The van der Waals surface area contributed by atoms with E-state index in [2.05, 4.69) is 4.98 Å². The lowest BCUT2D eigenvalue weighted by atomic mass is 10.5. The maximum absolute atomic E-state index is 12.0. The molecule has 0 radical (unpaired) electrons. The molecule has 0 N–H and O–H groups in total. The minimum absolute atomic E-state index is 0.546. The van der Waals surface area contributed by atoms with Crippen molar-refractivity contribution in [3.63, 3.8) is 0 Å². The van der Waals surface area contributed by atoms with Crippen molar-refractivity contribution >= 4 is 10.2 Å². The van der Waals surface area contributed by atoms with Crippen LogP contribution in [0.15, 0.2) is 29.4 Å². The molecule has 0 amide bonds. The monoisotopic (exact) mass is 161 g/mol. The molecule has 0 saturated carbocycles. The summed E-state index contributed by atoms with van der Waals surface area (Å²) in [4.78, 5) is 3.29. The van der Waals surface area contributed by atoms with Crippen LogP contribution in [0.5, 0.6) is 0 Å². The Balaban J connectivity index is 3.22. The SMILES string of the molecule is O=S(=O)(F)c1ccccn1. The molecule has 5 heteroatoms. The van der Waals surface area contributed by atoms with Gasteiger partial charge in [-0.3, -0.25) is 0 Å². The lowest BCUT2D eigenvalue weighted by Crippen LogP contribution is -1.93. The van der Waals surface area contributed by atoms with Gasteiger partial charge in [-0.15, -0.1) is 0 Å². The van der Waals surface area contributed by atoms with Crippen LogP contribution < -0.4 is 0 Å². The van der Waals surface area contributed by atoms with Gasteiger partial charge in [-0.25, -0.2) is 4.98 Å². The first-order valence-electron chi connectivity index (χ1n) is 2.46. The smallest absolute Gasteiger partial charge is 0.242 e. The molecule has 1 aromatic heterocycles. The molecule has 0 unspecified atom stereocenters. The molecular weight excluding hydrogens is 157 g/mol. The summed E-state index contributed by atoms with van der Waals surface area (Å²) in [5, 5.41) is -0.546. The Bertz CT molecular complexity index is 308. The minimum Gasteiger partial charge on any atom is -0.242 e. The van der Waals surface area contributed by atoms with Crippen molar-refractivity contribution in [3.8, 4) is 0 Å². The standard InChI is InChI=1S/C5H4FNO2S/c6-10(8,9)5-3-1-2-4-7-5/h1-4H. The average molecular weight is 161 g/mol. The predicted molar refractivity (Wildman–Crippen MR) is 32.5 cm³/mol. The molecule has 1 rings (SSSR count). The normalized spacial score (nSPS) is 11.3. The first kappa shape index (κ1) is 7.14. The van der Waals surface area contributed by atoms with Crippen LogP contribution in [0.2, 0.25) is 0 Å². The fourth-order valence-electron chi connectivity index (χ4n) is 0.491. The van der Waals surface area contributed by atoms with Crippen LogP contribution in [-0.2, 0) is 10.2 Å². The number of hydrogen-bond donors (Lipinski definition) is 0. The molecular formula is C5H4FNO2S. The summed E-state index contributed by atoms with van der Waals surface area (Å²) in [6, 6.07) is 4.00. The Labute approximate surface area is 57.7 Å². The lowest BCUT2D eigenvalue weighted by Gasteiger charge is -1.88. The fourth-order valence-corrected chi connectivity index (χ4v) is 0.919. The highest BCUT2D eigenvalue weighted by molar-refractivity contribution is 7.86. The zero-order valence-electron chi connectivity index (χ0n) is 4.86. The highest BCUT2D eigenvalue weighted by atomic mass is 32.3. The van der Waals surface area contributed by atoms with Gasteiger partial charge >= 0.3 is 10.2 Å². The summed E-state index contributed by atoms with van der Waals surface area (Å²) in [7, 11) is -4.61. The Hall–Kier alpha value is -0.970. The topological polar surface area (TPSA) is 47.0 Å². The van der Waals surface area contributed by atoms with Crippen LogP contribution in [0.4, 0.5) is 3.89 Å². The summed E-state index contributed by atoms with van der Waals surface area (Å²) in [6.45, 7) is 0. The van der Waals surface area contributed by atoms with Gasteiger partial charge in [0.15, 0.2) is 5.03 Å². The predicted octanol–water partition coefficient (Wildman–Crippen LogP) is 0.740. The van der Waals surface area contributed by atoms with Crippen LogP contribution in [0.25, 0.3) is 0 Å². The van der Waals surface area contributed by atoms with Gasteiger partial charge in [0, 0.05) is 6.20 Å². The van der Waals surface area contributed by atoms with Crippen molar-refractivity contribution in [2.45, 2.75) is 5.03 Å². The van der Waals surface area contributed by atoms with Crippen molar-refractivity contribution in [1.29, 1.82) is 0 Å². The van der Waals surface area contributed by atoms with Gasteiger partial charge in [-0.05, 0) is 12.1 Å². The molecule has 0 saturated heterocycles. The quantitative estimate of drug-likeness (QED) is 0.571. The largest absolute Gasteiger partial charge is 0.349 e. The van der Waals surface area contributed by atoms with Crippen LogP contribution in [0.3, 0.4) is 0 Å². The Kier molecular flexibility index (Phi) is 1.67. The first-order chi connectivity index (χ1) is 4.61. The zero-order chi connectivity index (χ0) is 7.61. The average Bonchev–Trinajstić information content (AvgIpc) is 1.88.